The van der Waals surface area contributed by atoms with E-state index in [0.29, 0.717) is 15.6 Å². The molecule has 0 saturated heterocycles. The lowest BCUT2D eigenvalue weighted by Gasteiger charge is -2.09. The number of carbonyl (C=O) groups is 2. The summed E-state index contributed by atoms with van der Waals surface area (Å²) in [5, 5.41) is 5.35. The smallest absolute Gasteiger partial charge is 0.258 e. The van der Waals surface area contributed by atoms with E-state index in [1.165, 1.54) is 28.7 Å². The summed E-state index contributed by atoms with van der Waals surface area (Å²) in [7, 11) is 0. The Kier molecular flexibility index (Phi) is 6.16. The molecule has 0 spiro atoms. The molecule has 1 heterocycles. The van der Waals surface area contributed by atoms with Crippen LogP contribution in [0.25, 0.3) is 11.3 Å². The number of aromatic nitrogens is 1. The number of rotatable bonds is 6. The van der Waals surface area contributed by atoms with Crippen molar-refractivity contribution in [3.63, 3.8) is 0 Å². The number of benzene rings is 2. The highest BCUT2D eigenvalue weighted by Crippen LogP contribution is 2.31. The topological polar surface area (TPSA) is 85.1 Å². The Morgan fingerprint density at radius 3 is 2.50 bits per heavy atom. The number of primary amides is 1. The predicted octanol–water partition coefficient (Wildman–Crippen LogP) is 4.57. The number of hydrogen-bond acceptors (Lipinski definition) is 5. The number of thioether (sulfide) groups is 1. The Bertz CT molecular complexity index is 1020. The number of nitrogens with two attached hydrogens (primary N) is 1. The van der Waals surface area contributed by atoms with Gasteiger partial charge in [0, 0.05) is 15.8 Å². The summed E-state index contributed by atoms with van der Waals surface area (Å²) in [6.07, 6.45) is 0. The van der Waals surface area contributed by atoms with Crippen LogP contribution in [0.1, 0.15) is 27.0 Å². The maximum Gasteiger partial charge on any atom is 0.258 e. The van der Waals surface area contributed by atoms with Crippen molar-refractivity contribution in [2.24, 2.45) is 5.73 Å². The molecule has 0 unspecified atom stereocenters. The fraction of sp³-hybridized carbons (Fsp3) is 0.190. The van der Waals surface area contributed by atoms with Gasteiger partial charge in [-0.25, -0.2) is 4.98 Å². The van der Waals surface area contributed by atoms with Crippen molar-refractivity contribution >= 4 is 40.0 Å². The molecule has 0 aliphatic rings. The molecular formula is C21H21N3O2S2. The Balaban J connectivity index is 1.81. The molecule has 5 nitrogen and oxygen atoms in total. The van der Waals surface area contributed by atoms with Crippen molar-refractivity contribution in [1.82, 2.24) is 4.98 Å². The average Bonchev–Trinajstić information content (AvgIpc) is 3.07. The molecule has 7 heteroatoms. The minimum atomic E-state index is -0.423. The number of amides is 2. The van der Waals surface area contributed by atoms with Crippen molar-refractivity contribution in [2.45, 2.75) is 25.7 Å². The second-order valence-electron chi connectivity index (χ2n) is 6.52. The van der Waals surface area contributed by atoms with Crippen LogP contribution < -0.4 is 11.1 Å². The molecule has 3 rings (SSSR count). The Morgan fingerprint density at radius 2 is 1.82 bits per heavy atom. The van der Waals surface area contributed by atoms with E-state index < -0.39 is 5.91 Å². The lowest BCUT2D eigenvalue weighted by Crippen LogP contribution is -2.15. The first kappa shape index (κ1) is 20.1. The molecular weight excluding hydrogens is 390 g/mol. The van der Waals surface area contributed by atoms with Gasteiger partial charge in [-0.1, -0.05) is 29.8 Å². The number of hydrogen-bond donors (Lipinski definition) is 2. The Labute approximate surface area is 172 Å². The summed E-state index contributed by atoms with van der Waals surface area (Å²) in [6, 6.07) is 11.4. The monoisotopic (exact) mass is 411 g/mol. The van der Waals surface area contributed by atoms with E-state index in [-0.39, 0.29) is 11.7 Å². The minimum absolute atomic E-state index is 0.123. The van der Waals surface area contributed by atoms with Crippen molar-refractivity contribution in [1.29, 1.82) is 0 Å². The summed E-state index contributed by atoms with van der Waals surface area (Å²) < 4.78 is 0. The van der Waals surface area contributed by atoms with E-state index in [9.17, 15) is 9.59 Å². The molecule has 0 aliphatic carbocycles. The summed E-state index contributed by atoms with van der Waals surface area (Å²) in [5.74, 6) is -0.558. The molecule has 0 atom stereocenters. The number of nitrogens with one attached hydrogen (secondary N) is 1. The van der Waals surface area contributed by atoms with Crippen molar-refractivity contribution < 1.29 is 9.59 Å². The van der Waals surface area contributed by atoms with Crippen LogP contribution in [0, 0.1) is 20.8 Å². The van der Waals surface area contributed by atoms with Crippen LogP contribution in [-0.2, 0) is 4.79 Å². The SMILES string of the molecule is Cc1cc(C)c(-c2csc(NC(=O)c3ccccc3SCC(N)=O)n2)c(C)c1. The van der Waals surface area contributed by atoms with E-state index in [1.54, 1.807) is 18.2 Å². The first-order chi connectivity index (χ1) is 13.3. The molecule has 0 aliphatic heterocycles. The highest BCUT2D eigenvalue weighted by atomic mass is 32.2. The standard InChI is InChI=1S/C21H21N3O2S2/c1-12-8-13(2)19(14(3)9-12)16-10-28-21(23-16)24-20(26)15-6-4-5-7-17(15)27-11-18(22)25/h4-10H,11H2,1-3H3,(H2,22,25)(H,23,24,26). The third-order valence-electron chi connectivity index (χ3n) is 4.16. The lowest BCUT2D eigenvalue weighted by molar-refractivity contribution is -0.115. The van der Waals surface area contributed by atoms with E-state index in [0.717, 1.165) is 22.4 Å². The molecule has 3 aromatic rings. The van der Waals surface area contributed by atoms with Crippen LogP contribution in [0.4, 0.5) is 5.13 Å². The third-order valence-corrected chi connectivity index (χ3v) is 6.01. The third kappa shape index (κ3) is 4.61. The van der Waals surface area contributed by atoms with Gasteiger partial charge in [-0.3, -0.25) is 14.9 Å². The second-order valence-corrected chi connectivity index (χ2v) is 8.39. The number of nitrogens with zero attached hydrogens (tertiary/aromatic N) is 1. The van der Waals surface area contributed by atoms with E-state index >= 15 is 0 Å². The number of anilines is 1. The first-order valence-electron chi connectivity index (χ1n) is 8.70. The van der Waals surface area contributed by atoms with Crippen LogP contribution in [0.3, 0.4) is 0 Å². The van der Waals surface area contributed by atoms with Gasteiger partial charge in [-0.2, -0.15) is 0 Å². The second kappa shape index (κ2) is 8.58. The van der Waals surface area contributed by atoms with Gasteiger partial charge in [0.05, 0.1) is 17.0 Å². The van der Waals surface area contributed by atoms with Crippen molar-refractivity contribution in [2.75, 3.05) is 11.1 Å². The van der Waals surface area contributed by atoms with Crippen LogP contribution in [0.15, 0.2) is 46.7 Å². The van der Waals surface area contributed by atoms with Gasteiger partial charge in [-0.15, -0.1) is 23.1 Å². The van der Waals surface area contributed by atoms with E-state index in [4.69, 9.17) is 5.73 Å². The molecule has 28 heavy (non-hydrogen) atoms. The van der Waals surface area contributed by atoms with Gasteiger partial charge in [0.1, 0.15) is 0 Å². The summed E-state index contributed by atoms with van der Waals surface area (Å²) in [5.41, 5.74) is 11.2. The highest BCUT2D eigenvalue weighted by molar-refractivity contribution is 8.00. The molecule has 3 N–H and O–H groups in total. The van der Waals surface area contributed by atoms with Crippen LogP contribution in [0.2, 0.25) is 0 Å². The number of thiazole rings is 1. The summed E-state index contributed by atoms with van der Waals surface area (Å²) in [4.78, 5) is 29.1. The molecule has 1 aromatic heterocycles. The number of aryl methyl sites for hydroxylation is 3. The van der Waals surface area contributed by atoms with Gasteiger partial charge in [0.25, 0.3) is 5.91 Å². The molecule has 0 saturated carbocycles. The summed E-state index contributed by atoms with van der Waals surface area (Å²) in [6.45, 7) is 6.21. The fourth-order valence-electron chi connectivity index (χ4n) is 3.12. The lowest BCUT2D eigenvalue weighted by atomic mass is 9.98. The van der Waals surface area contributed by atoms with Gasteiger partial charge >= 0.3 is 0 Å². The van der Waals surface area contributed by atoms with E-state index in [1.807, 2.05) is 11.4 Å². The Hall–Kier alpha value is -2.64. The average molecular weight is 412 g/mol. The minimum Gasteiger partial charge on any atom is -0.369 e. The van der Waals surface area contributed by atoms with Crippen molar-refractivity contribution in [3.8, 4) is 11.3 Å². The molecule has 144 valence electrons. The van der Waals surface area contributed by atoms with Gasteiger partial charge in [-0.05, 0) is 44.0 Å². The zero-order chi connectivity index (χ0) is 20.3. The van der Waals surface area contributed by atoms with E-state index in [2.05, 4.69) is 43.2 Å². The van der Waals surface area contributed by atoms with Crippen LogP contribution >= 0.6 is 23.1 Å². The maximum atomic E-state index is 12.7. The van der Waals surface area contributed by atoms with Crippen molar-refractivity contribution in [3.05, 3.63) is 64.0 Å². The largest absolute Gasteiger partial charge is 0.369 e. The van der Waals surface area contributed by atoms with Crippen LogP contribution in [0.5, 0.6) is 0 Å². The quantitative estimate of drug-likeness (QED) is 0.582. The van der Waals surface area contributed by atoms with Gasteiger partial charge < -0.3 is 5.73 Å². The van der Waals surface area contributed by atoms with Crippen LogP contribution in [-0.4, -0.2) is 22.6 Å². The maximum absolute atomic E-state index is 12.7. The van der Waals surface area contributed by atoms with Gasteiger partial charge in [0.15, 0.2) is 5.13 Å². The number of carbonyl (C=O) groups excluding carboxylic acids is 2. The normalized spacial score (nSPS) is 10.7. The molecule has 0 fully saturated rings. The zero-order valence-electron chi connectivity index (χ0n) is 15.9. The molecule has 0 bridgehead atoms. The Morgan fingerprint density at radius 1 is 1.14 bits per heavy atom. The summed E-state index contributed by atoms with van der Waals surface area (Å²) >= 11 is 2.64. The highest BCUT2D eigenvalue weighted by Gasteiger charge is 2.16. The zero-order valence-corrected chi connectivity index (χ0v) is 17.5. The molecule has 2 aromatic carbocycles. The molecule has 0 radical (unpaired) electrons. The van der Waals surface area contributed by atoms with Gasteiger partial charge in [0.2, 0.25) is 5.91 Å². The predicted molar refractivity (Wildman–Crippen MR) is 116 cm³/mol. The fourth-order valence-corrected chi connectivity index (χ4v) is 4.61. The first-order valence-corrected chi connectivity index (χ1v) is 10.6. The molecule has 2 amide bonds.